The number of rotatable bonds is 4. The van der Waals surface area contributed by atoms with Gasteiger partial charge >= 0.3 is 0 Å². The molecule has 15 heavy (non-hydrogen) atoms. The average Bonchev–Trinajstić information content (AvgIpc) is 2.15. The van der Waals surface area contributed by atoms with Gasteiger partial charge in [-0.05, 0) is 18.2 Å². The van der Waals surface area contributed by atoms with Crippen molar-refractivity contribution in [2.24, 2.45) is 0 Å². The third kappa shape index (κ3) is 3.84. The number of sulfonamides is 1. The van der Waals surface area contributed by atoms with E-state index in [-0.39, 0.29) is 4.90 Å². The molecule has 0 saturated carbocycles. The van der Waals surface area contributed by atoms with Gasteiger partial charge in [-0.1, -0.05) is 22.0 Å². The second kappa shape index (κ2) is 5.00. The smallest absolute Gasteiger partial charge is 0.209 e. The number of nitrogens with one attached hydrogen (secondary N) is 1. The summed E-state index contributed by atoms with van der Waals surface area (Å²) in [6, 6.07) is 5.83. The summed E-state index contributed by atoms with van der Waals surface area (Å²) in [7, 11) is -3.84. The average molecular weight is 300 g/mol. The molecule has 7 heteroatoms. The van der Waals surface area contributed by atoms with Crippen molar-refractivity contribution in [1.82, 2.24) is 4.72 Å². The van der Waals surface area contributed by atoms with Crippen molar-refractivity contribution in [3.05, 3.63) is 28.7 Å². The number of benzene rings is 1. The van der Waals surface area contributed by atoms with Gasteiger partial charge in [-0.2, -0.15) is 0 Å². The molecule has 1 N–H and O–H groups in total. The van der Waals surface area contributed by atoms with Gasteiger partial charge in [-0.3, -0.25) is 0 Å². The van der Waals surface area contributed by atoms with Gasteiger partial charge in [0, 0.05) is 4.47 Å². The fourth-order valence-electron chi connectivity index (χ4n) is 0.890. The van der Waals surface area contributed by atoms with E-state index in [1.54, 1.807) is 10.8 Å². The van der Waals surface area contributed by atoms with Crippen molar-refractivity contribution in [3.8, 4) is 0 Å². The van der Waals surface area contributed by atoms with Crippen LogP contribution in [0, 0.1) is 0 Å². The van der Waals surface area contributed by atoms with E-state index in [1.165, 1.54) is 18.2 Å². The fourth-order valence-corrected chi connectivity index (χ4v) is 2.49. The Morgan fingerprint density at radius 1 is 1.40 bits per heavy atom. The van der Waals surface area contributed by atoms with E-state index in [1.807, 2.05) is 0 Å². The van der Waals surface area contributed by atoms with Gasteiger partial charge < -0.3 is 0 Å². The molecular formula is C8H8BrF2NO2S. The lowest BCUT2D eigenvalue weighted by atomic mass is 10.4. The van der Waals surface area contributed by atoms with Crippen LogP contribution in [0.3, 0.4) is 0 Å². The number of hydrogen-bond acceptors (Lipinski definition) is 2. The molecule has 0 aliphatic heterocycles. The summed E-state index contributed by atoms with van der Waals surface area (Å²) in [5, 5.41) is 0. The van der Waals surface area contributed by atoms with Crippen LogP contribution in [0.25, 0.3) is 0 Å². The van der Waals surface area contributed by atoms with Crippen LogP contribution in [0.2, 0.25) is 0 Å². The molecule has 1 aromatic carbocycles. The molecule has 0 fully saturated rings. The molecule has 0 aliphatic carbocycles. The topological polar surface area (TPSA) is 46.2 Å². The monoisotopic (exact) mass is 299 g/mol. The zero-order chi connectivity index (χ0) is 11.5. The Bertz CT molecular complexity index is 436. The Morgan fingerprint density at radius 3 is 2.60 bits per heavy atom. The third-order valence-corrected chi connectivity index (χ3v) is 3.45. The zero-order valence-corrected chi connectivity index (χ0v) is 9.85. The van der Waals surface area contributed by atoms with Crippen molar-refractivity contribution in [2.75, 3.05) is 6.54 Å². The summed E-state index contributed by atoms with van der Waals surface area (Å²) < 4.78 is 48.9. The van der Waals surface area contributed by atoms with E-state index in [9.17, 15) is 17.2 Å². The Hall–Kier alpha value is -0.530. The van der Waals surface area contributed by atoms with E-state index >= 15 is 0 Å². The maximum absolute atomic E-state index is 11.8. The predicted molar refractivity (Wildman–Crippen MR) is 55.3 cm³/mol. The SMILES string of the molecule is O=S(=O)(NCC(F)F)c1cccc(Br)c1. The van der Waals surface area contributed by atoms with Crippen LogP contribution in [0.15, 0.2) is 33.6 Å². The van der Waals surface area contributed by atoms with Crippen LogP contribution in [0.4, 0.5) is 8.78 Å². The minimum Gasteiger partial charge on any atom is -0.209 e. The van der Waals surface area contributed by atoms with Crippen molar-refractivity contribution >= 4 is 26.0 Å². The van der Waals surface area contributed by atoms with Gasteiger partial charge in [0.25, 0.3) is 6.43 Å². The highest BCUT2D eigenvalue weighted by Crippen LogP contribution is 2.15. The second-order valence-electron chi connectivity index (χ2n) is 2.70. The van der Waals surface area contributed by atoms with E-state index in [0.29, 0.717) is 4.47 Å². The fraction of sp³-hybridized carbons (Fsp3) is 0.250. The zero-order valence-electron chi connectivity index (χ0n) is 7.45. The minimum atomic E-state index is -3.84. The molecule has 0 atom stereocenters. The summed E-state index contributed by atoms with van der Waals surface area (Å²) in [5.74, 6) is 0. The Morgan fingerprint density at radius 2 is 2.07 bits per heavy atom. The first-order valence-corrected chi connectivity index (χ1v) is 6.23. The summed E-state index contributed by atoms with van der Waals surface area (Å²) in [5.41, 5.74) is 0. The highest BCUT2D eigenvalue weighted by Gasteiger charge is 2.15. The molecule has 1 aromatic rings. The van der Waals surface area contributed by atoms with E-state index < -0.39 is 23.0 Å². The lowest BCUT2D eigenvalue weighted by Crippen LogP contribution is -2.28. The molecule has 1 rings (SSSR count). The summed E-state index contributed by atoms with van der Waals surface area (Å²) in [6.07, 6.45) is -2.70. The molecule has 0 aliphatic rings. The predicted octanol–water partition coefficient (Wildman–Crippen LogP) is 1.99. The summed E-state index contributed by atoms with van der Waals surface area (Å²) in [4.78, 5) is -0.0440. The van der Waals surface area contributed by atoms with Crippen LogP contribution in [-0.4, -0.2) is 21.4 Å². The first-order valence-electron chi connectivity index (χ1n) is 3.95. The maximum atomic E-state index is 11.8. The lowest BCUT2D eigenvalue weighted by molar-refractivity contribution is 0.153. The molecule has 84 valence electrons. The molecule has 0 bridgehead atoms. The summed E-state index contributed by atoms with van der Waals surface area (Å²) in [6.45, 7) is -0.880. The summed E-state index contributed by atoms with van der Waals surface area (Å²) >= 11 is 3.09. The number of halogens is 3. The molecule has 0 radical (unpaired) electrons. The third-order valence-electron chi connectivity index (χ3n) is 1.53. The standard InChI is InChI=1S/C8H8BrF2NO2S/c9-6-2-1-3-7(4-6)15(13,14)12-5-8(10)11/h1-4,8,12H,5H2. The number of hydrogen-bond donors (Lipinski definition) is 1. The van der Waals surface area contributed by atoms with Crippen molar-refractivity contribution < 1.29 is 17.2 Å². The van der Waals surface area contributed by atoms with E-state index in [0.717, 1.165) is 0 Å². The van der Waals surface area contributed by atoms with Crippen LogP contribution in [0.1, 0.15) is 0 Å². The highest BCUT2D eigenvalue weighted by molar-refractivity contribution is 9.10. The quantitative estimate of drug-likeness (QED) is 0.924. The Balaban J connectivity index is 2.87. The van der Waals surface area contributed by atoms with E-state index in [4.69, 9.17) is 0 Å². The molecule has 0 aromatic heterocycles. The Labute approximate surface area is 94.7 Å². The lowest BCUT2D eigenvalue weighted by Gasteiger charge is -2.05. The molecule has 0 saturated heterocycles. The molecule has 0 spiro atoms. The van der Waals surface area contributed by atoms with Crippen LogP contribution in [-0.2, 0) is 10.0 Å². The number of alkyl halides is 2. The molecule has 0 heterocycles. The van der Waals surface area contributed by atoms with Gasteiger partial charge in [-0.15, -0.1) is 0 Å². The van der Waals surface area contributed by atoms with Gasteiger partial charge in [0.05, 0.1) is 11.4 Å². The molecule has 0 unspecified atom stereocenters. The molecule has 3 nitrogen and oxygen atoms in total. The normalized spacial score (nSPS) is 12.0. The van der Waals surface area contributed by atoms with Crippen molar-refractivity contribution in [2.45, 2.75) is 11.3 Å². The molecular weight excluding hydrogens is 292 g/mol. The van der Waals surface area contributed by atoms with Crippen LogP contribution >= 0.6 is 15.9 Å². The minimum absolute atomic E-state index is 0.0440. The van der Waals surface area contributed by atoms with Gasteiger partial charge in [-0.25, -0.2) is 21.9 Å². The first kappa shape index (κ1) is 12.5. The van der Waals surface area contributed by atoms with Crippen LogP contribution in [0.5, 0.6) is 0 Å². The maximum Gasteiger partial charge on any atom is 0.251 e. The second-order valence-corrected chi connectivity index (χ2v) is 5.38. The van der Waals surface area contributed by atoms with Gasteiger partial charge in [0.15, 0.2) is 0 Å². The molecule has 0 amide bonds. The van der Waals surface area contributed by atoms with Gasteiger partial charge in [0.1, 0.15) is 0 Å². The largest absolute Gasteiger partial charge is 0.251 e. The Kier molecular flexibility index (Phi) is 4.18. The van der Waals surface area contributed by atoms with Crippen molar-refractivity contribution in [1.29, 1.82) is 0 Å². The van der Waals surface area contributed by atoms with E-state index in [2.05, 4.69) is 15.9 Å². The highest BCUT2D eigenvalue weighted by atomic mass is 79.9. The van der Waals surface area contributed by atoms with Crippen molar-refractivity contribution in [3.63, 3.8) is 0 Å². The van der Waals surface area contributed by atoms with Crippen LogP contribution < -0.4 is 4.72 Å². The van der Waals surface area contributed by atoms with Gasteiger partial charge in [0.2, 0.25) is 10.0 Å². The first-order chi connectivity index (χ1) is 6.92.